The van der Waals surface area contributed by atoms with Crippen LogP contribution in [0.2, 0.25) is 0 Å². The van der Waals surface area contributed by atoms with Gasteiger partial charge in [-0.1, -0.05) is 39.5 Å². The third kappa shape index (κ3) is 6.59. The van der Waals surface area contributed by atoms with Crippen LogP contribution >= 0.6 is 23.1 Å². The SMILES string of the molecule is CCCCC(C)(CCCC)NCc1csc(CSC)n1. The highest BCUT2D eigenvalue weighted by molar-refractivity contribution is 7.97. The molecular weight excluding hydrogens is 284 g/mol. The Labute approximate surface area is 133 Å². The molecule has 20 heavy (non-hydrogen) atoms. The first-order valence-electron chi connectivity index (χ1n) is 7.80. The van der Waals surface area contributed by atoms with E-state index in [1.165, 1.54) is 49.2 Å². The second-order valence-electron chi connectivity index (χ2n) is 5.79. The van der Waals surface area contributed by atoms with Gasteiger partial charge in [0.1, 0.15) is 5.01 Å². The van der Waals surface area contributed by atoms with Crippen LogP contribution in [0.15, 0.2) is 5.38 Å². The molecule has 0 saturated heterocycles. The van der Waals surface area contributed by atoms with Crippen LogP contribution in [0.25, 0.3) is 0 Å². The van der Waals surface area contributed by atoms with Gasteiger partial charge in [0.15, 0.2) is 0 Å². The lowest BCUT2D eigenvalue weighted by Crippen LogP contribution is -2.41. The van der Waals surface area contributed by atoms with E-state index in [0.717, 1.165) is 12.3 Å². The Balaban J connectivity index is 2.50. The van der Waals surface area contributed by atoms with Crippen LogP contribution in [-0.2, 0) is 12.3 Å². The molecule has 0 fully saturated rings. The van der Waals surface area contributed by atoms with E-state index in [4.69, 9.17) is 4.98 Å². The molecule has 1 rings (SSSR count). The molecule has 0 unspecified atom stereocenters. The maximum Gasteiger partial charge on any atom is 0.103 e. The quantitative estimate of drug-likeness (QED) is 0.605. The molecule has 0 aromatic carbocycles. The lowest BCUT2D eigenvalue weighted by atomic mass is 9.89. The van der Waals surface area contributed by atoms with Crippen LogP contribution in [0.5, 0.6) is 0 Å². The van der Waals surface area contributed by atoms with E-state index >= 15 is 0 Å². The highest BCUT2D eigenvalue weighted by Gasteiger charge is 2.22. The summed E-state index contributed by atoms with van der Waals surface area (Å²) in [4.78, 5) is 4.70. The smallest absolute Gasteiger partial charge is 0.103 e. The number of nitrogens with one attached hydrogen (secondary N) is 1. The first-order chi connectivity index (χ1) is 9.63. The van der Waals surface area contributed by atoms with Crippen LogP contribution in [-0.4, -0.2) is 16.8 Å². The molecule has 4 heteroatoms. The molecule has 1 N–H and O–H groups in total. The standard InChI is InChI=1S/C16H30N2S2/c1-5-7-9-16(3,10-8-6-2)17-11-14-12-20-15(18-14)13-19-4/h12,17H,5-11,13H2,1-4H3. The van der Waals surface area contributed by atoms with Crippen molar-refractivity contribution in [3.05, 3.63) is 16.1 Å². The van der Waals surface area contributed by atoms with Crippen LogP contribution in [0.4, 0.5) is 0 Å². The highest BCUT2D eigenvalue weighted by Crippen LogP contribution is 2.22. The minimum Gasteiger partial charge on any atom is -0.306 e. The Bertz CT molecular complexity index is 355. The molecule has 1 aromatic rings. The summed E-state index contributed by atoms with van der Waals surface area (Å²) in [6, 6.07) is 0. The predicted octanol–water partition coefficient (Wildman–Crippen LogP) is 5.23. The molecule has 1 heterocycles. The molecule has 0 aliphatic heterocycles. The van der Waals surface area contributed by atoms with E-state index in [1.807, 2.05) is 11.8 Å². The monoisotopic (exact) mass is 314 g/mol. The van der Waals surface area contributed by atoms with E-state index in [2.05, 4.69) is 37.7 Å². The van der Waals surface area contributed by atoms with Gasteiger partial charge in [0.25, 0.3) is 0 Å². The Morgan fingerprint density at radius 3 is 2.45 bits per heavy atom. The van der Waals surface area contributed by atoms with Crippen molar-refractivity contribution in [1.82, 2.24) is 10.3 Å². The zero-order chi connectivity index (χ0) is 14.8. The number of unbranched alkanes of at least 4 members (excludes halogenated alkanes) is 2. The maximum absolute atomic E-state index is 4.70. The van der Waals surface area contributed by atoms with Gasteiger partial charge in [-0.15, -0.1) is 11.3 Å². The van der Waals surface area contributed by atoms with Gasteiger partial charge in [-0.25, -0.2) is 4.98 Å². The molecule has 0 aliphatic carbocycles. The van der Waals surface area contributed by atoms with E-state index in [0.29, 0.717) is 0 Å². The van der Waals surface area contributed by atoms with Gasteiger partial charge < -0.3 is 5.32 Å². The highest BCUT2D eigenvalue weighted by atomic mass is 32.2. The lowest BCUT2D eigenvalue weighted by Gasteiger charge is -2.31. The van der Waals surface area contributed by atoms with Crippen molar-refractivity contribution in [2.24, 2.45) is 0 Å². The fourth-order valence-electron chi connectivity index (χ4n) is 2.36. The Morgan fingerprint density at radius 1 is 1.25 bits per heavy atom. The summed E-state index contributed by atoms with van der Waals surface area (Å²) in [7, 11) is 0. The van der Waals surface area contributed by atoms with Gasteiger partial charge in [0.2, 0.25) is 0 Å². The number of thiazole rings is 1. The Morgan fingerprint density at radius 2 is 1.90 bits per heavy atom. The third-order valence-electron chi connectivity index (χ3n) is 3.73. The largest absolute Gasteiger partial charge is 0.306 e. The second-order valence-corrected chi connectivity index (χ2v) is 7.60. The Kier molecular flexibility index (Phi) is 8.82. The molecule has 2 nitrogen and oxygen atoms in total. The summed E-state index contributed by atoms with van der Waals surface area (Å²) in [5.74, 6) is 1.04. The lowest BCUT2D eigenvalue weighted by molar-refractivity contribution is 0.289. The number of rotatable bonds is 11. The summed E-state index contributed by atoms with van der Waals surface area (Å²) >= 11 is 3.63. The Hall–Kier alpha value is -0.0600. The van der Waals surface area contributed by atoms with Gasteiger partial charge in [-0.05, 0) is 26.0 Å². The van der Waals surface area contributed by atoms with E-state index in [9.17, 15) is 0 Å². The summed E-state index contributed by atoms with van der Waals surface area (Å²) in [6.07, 6.45) is 9.84. The number of thioether (sulfide) groups is 1. The van der Waals surface area contributed by atoms with Crippen molar-refractivity contribution >= 4 is 23.1 Å². The normalized spacial score (nSPS) is 12.0. The first kappa shape index (κ1) is 18.0. The zero-order valence-corrected chi connectivity index (χ0v) is 15.1. The predicted molar refractivity (Wildman–Crippen MR) is 93.6 cm³/mol. The number of aromatic nitrogens is 1. The molecule has 1 aromatic heterocycles. The minimum atomic E-state index is 0.273. The topological polar surface area (TPSA) is 24.9 Å². The van der Waals surface area contributed by atoms with Crippen LogP contribution in [0.3, 0.4) is 0 Å². The van der Waals surface area contributed by atoms with E-state index < -0.39 is 0 Å². The van der Waals surface area contributed by atoms with E-state index in [1.54, 1.807) is 11.3 Å². The summed E-state index contributed by atoms with van der Waals surface area (Å²) < 4.78 is 0. The van der Waals surface area contributed by atoms with Gasteiger partial charge in [-0.2, -0.15) is 11.8 Å². The third-order valence-corrected chi connectivity index (χ3v) is 5.37. The summed E-state index contributed by atoms with van der Waals surface area (Å²) in [6.45, 7) is 7.84. The van der Waals surface area contributed by atoms with Crippen molar-refractivity contribution in [3.63, 3.8) is 0 Å². The van der Waals surface area contributed by atoms with Gasteiger partial charge in [0.05, 0.1) is 5.69 Å². The van der Waals surface area contributed by atoms with Crippen molar-refractivity contribution in [2.75, 3.05) is 6.26 Å². The molecule has 0 radical (unpaired) electrons. The van der Waals surface area contributed by atoms with Crippen LogP contribution < -0.4 is 5.32 Å². The van der Waals surface area contributed by atoms with Crippen molar-refractivity contribution < 1.29 is 0 Å². The molecule has 0 bridgehead atoms. The maximum atomic E-state index is 4.70. The molecule has 0 amide bonds. The average Bonchev–Trinajstić information content (AvgIpc) is 2.89. The first-order valence-corrected chi connectivity index (χ1v) is 10.1. The van der Waals surface area contributed by atoms with Crippen molar-refractivity contribution in [1.29, 1.82) is 0 Å². The van der Waals surface area contributed by atoms with Crippen molar-refractivity contribution in [2.45, 2.75) is 77.1 Å². The van der Waals surface area contributed by atoms with Crippen LogP contribution in [0, 0.1) is 0 Å². The fraction of sp³-hybridized carbons (Fsp3) is 0.812. The second kappa shape index (κ2) is 9.80. The van der Waals surface area contributed by atoms with Gasteiger partial charge in [0, 0.05) is 23.2 Å². The van der Waals surface area contributed by atoms with E-state index in [-0.39, 0.29) is 5.54 Å². The summed E-state index contributed by atoms with van der Waals surface area (Å²) in [5, 5.41) is 7.23. The van der Waals surface area contributed by atoms with Gasteiger partial charge in [-0.3, -0.25) is 0 Å². The number of nitrogens with zero attached hydrogens (tertiary/aromatic N) is 1. The molecule has 116 valence electrons. The number of hydrogen-bond donors (Lipinski definition) is 1. The minimum absolute atomic E-state index is 0.273. The molecule has 0 aliphatic rings. The fourth-order valence-corrected chi connectivity index (χ4v) is 3.87. The molecule has 0 saturated carbocycles. The molecule has 0 atom stereocenters. The van der Waals surface area contributed by atoms with Gasteiger partial charge >= 0.3 is 0 Å². The molecular formula is C16H30N2S2. The molecule has 0 spiro atoms. The van der Waals surface area contributed by atoms with Crippen LogP contribution in [0.1, 0.15) is 70.0 Å². The van der Waals surface area contributed by atoms with Crippen molar-refractivity contribution in [3.8, 4) is 0 Å². The summed E-state index contributed by atoms with van der Waals surface area (Å²) in [5.41, 5.74) is 1.48. The number of hydrogen-bond acceptors (Lipinski definition) is 4. The average molecular weight is 315 g/mol. The zero-order valence-electron chi connectivity index (χ0n) is 13.5.